The van der Waals surface area contributed by atoms with Crippen molar-refractivity contribution in [2.45, 2.75) is 149 Å². The molecular weight excluding hydrogens is 644 g/mol. The van der Waals surface area contributed by atoms with Gasteiger partial charge in [-0.05, 0) is 102 Å². The third kappa shape index (κ3) is 6.75. The number of phenols is 1. The van der Waals surface area contributed by atoms with E-state index in [4.69, 9.17) is 14.2 Å². The molecule has 0 saturated heterocycles. The number of carboxylic acid groups (broad SMARTS) is 2. The van der Waals surface area contributed by atoms with Crippen LogP contribution in [0.1, 0.15) is 167 Å². The molecule has 51 heavy (non-hydrogen) atoms. The molecule has 0 fully saturated rings. The quantitative estimate of drug-likeness (QED) is 0.148. The van der Waals surface area contributed by atoms with Crippen LogP contribution in [0.3, 0.4) is 0 Å². The molecule has 0 bridgehead atoms. The number of hydrogen-bond acceptors (Lipinski definition) is 6. The molecule has 8 heteroatoms. The van der Waals surface area contributed by atoms with Crippen LogP contribution in [-0.2, 0) is 12.8 Å². The van der Waals surface area contributed by atoms with E-state index < -0.39 is 23.3 Å². The predicted octanol–water partition coefficient (Wildman–Crippen LogP) is 10.5. The highest BCUT2D eigenvalue weighted by Crippen LogP contribution is 2.59. The van der Waals surface area contributed by atoms with Crippen LogP contribution >= 0.6 is 0 Å². The second kappa shape index (κ2) is 14.2. The third-order valence-corrected chi connectivity index (χ3v) is 12.0. The second-order valence-electron chi connectivity index (χ2n) is 16.1. The molecule has 4 aliphatic rings. The largest absolute Gasteiger partial charge is 0.507 e. The maximum absolute atomic E-state index is 13.1. The molecule has 5 atom stereocenters. The van der Waals surface area contributed by atoms with Crippen molar-refractivity contribution in [3.8, 4) is 23.0 Å². The number of rotatable bonds is 12. The van der Waals surface area contributed by atoms with E-state index >= 15 is 0 Å². The van der Waals surface area contributed by atoms with Crippen LogP contribution in [0.15, 0.2) is 35.4 Å². The number of unbranched alkanes of at least 4 members (excludes halogenated alkanes) is 4. The molecule has 0 amide bonds. The normalized spacial score (nSPS) is 25.9. The van der Waals surface area contributed by atoms with Gasteiger partial charge in [0.15, 0.2) is 0 Å². The van der Waals surface area contributed by atoms with E-state index in [1.54, 1.807) is 6.07 Å². The van der Waals surface area contributed by atoms with Gasteiger partial charge in [0.2, 0.25) is 0 Å². The summed E-state index contributed by atoms with van der Waals surface area (Å²) >= 11 is 0. The number of carbonyl (C=O) groups is 2. The number of allylic oxidation sites excluding steroid dienone is 4. The number of hydrogen-bond donors (Lipinski definition) is 3. The highest BCUT2D eigenvalue weighted by molar-refractivity contribution is 5.95. The zero-order chi connectivity index (χ0) is 36.8. The molecule has 3 N–H and O–H groups in total. The minimum Gasteiger partial charge on any atom is -0.507 e. The Morgan fingerprint density at radius 1 is 0.784 bits per heavy atom. The Hall–Kier alpha value is -3.94. The van der Waals surface area contributed by atoms with E-state index in [9.17, 15) is 24.9 Å². The zero-order valence-corrected chi connectivity index (χ0v) is 31.5. The lowest BCUT2D eigenvalue weighted by atomic mass is 9.67. The van der Waals surface area contributed by atoms with Gasteiger partial charge in [-0.25, -0.2) is 9.59 Å². The number of ether oxygens (including phenoxy) is 3. The van der Waals surface area contributed by atoms with Crippen LogP contribution in [0.25, 0.3) is 0 Å². The monoisotopic (exact) mass is 700 g/mol. The molecule has 2 aliphatic heterocycles. The van der Waals surface area contributed by atoms with Gasteiger partial charge in [0, 0.05) is 41.7 Å². The minimum atomic E-state index is -1.22. The van der Waals surface area contributed by atoms with Gasteiger partial charge in [-0.15, -0.1) is 0 Å². The summed E-state index contributed by atoms with van der Waals surface area (Å²) < 4.78 is 20.9. The van der Waals surface area contributed by atoms with E-state index in [1.165, 1.54) is 5.57 Å². The average Bonchev–Trinajstić information content (AvgIpc) is 3.03. The Morgan fingerprint density at radius 3 is 1.90 bits per heavy atom. The zero-order valence-electron chi connectivity index (χ0n) is 31.5. The molecule has 2 aromatic rings. The molecule has 2 aliphatic carbocycles. The van der Waals surface area contributed by atoms with Crippen molar-refractivity contribution in [2.24, 2.45) is 11.8 Å². The van der Waals surface area contributed by atoms with E-state index in [1.807, 2.05) is 13.0 Å². The Morgan fingerprint density at radius 2 is 1.33 bits per heavy atom. The van der Waals surface area contributed by atoms with Crippen LogP contribution in [-0.4, -0.2) is 38.6 Å². The number of benzene rings is 2. The molecule has 1 unspecified atom stereocenters. The molecule has 6 rings (SSSR count). The van der Waals surface area contributed by atoms with Crippen LogP contribution in [0.2, 0.25) is 0 Å². The maximum atomic E-state index is 13.1. The lowest BCUT2D eigenvalue weighted by Gasteiger charge is -2.50. The van der Waals surface area contributed by atoms with Gasteiger partial charge in [-0.2, -0.15) is 0 Å². The molecule has 2 heterocycles. The molecule has 0 saturated carbocycles. The molecule has 8 nitrogen and oxygen atoms in total. The van der Waals surface area contributed by atoms with Gasteiger partial charge >= 0.3 is 11.9 Å². The highest BCUT2D eigenvalue weighted by atomic mass is 16.7. The standard InChI is InChI=1S/C43H56O8/c1-8-10-12-14-26-22-32-36(38(44)34(26)40(45)46)29-21-25(4)17-19-31(29)43(7,49-32)50-33-23-27(15-13-11-9-2)35(41(47)48)39-37(33)28-20-24(3)16-18-30(28)42(5,6)51-39/h20-23,28-31,44H,8-19H2,1-7H3,(H,45,46)(H,47,48)/t28-,29-,30-,31-,43?/m1/s1. The first-order chi connectivity index (χ1) is 24.2. The summed E-state index contributed by atoms with van der Waals surface area (Å²) in [7, 11) is 0. The van der Waals surface area contributed by atoms with E-state index in [2.05, 4.69) is 53.7 Å². The fourth-order valence-electron chi connectivity index (χ4n) is 9.35. The maximum Gasteiger partial charge on any atom is 0.339 e. The van der Waals surface area contributed by atoms with E-state index in [0.717, 1.165) is 68.9 Å². The Kier molecular flexibility index (Phi) is 10.3. The van der Waals surface area contributed by atoms with Crippen LogP contribution in [0.5, 0.6) is 23.0 Å². The number of aryl methyl sites for hydroxylation is 2. The summed E-state index contributed by atoms with van der Waals surface area (Å²) in [6.45, 7) is 14.5. The first kappa shape index (κ1) is 36.8. The fraction of sp³-hybridized carbons (Fsp3) is 0.581. The predicted molar refractivity (Wildman–Crippen MR) is 198 cm³/mol. The van der Waals surface area contributed by atoms with Crippen molar-refractivity contribution in [2.75, 3.05) is 0 Å². The van der Waals surface area contributed by atoms with Crippen molar-refractivity contribution in [1.82, 2.24) is 0 Å². The van der Waals surface area contributed by atoms with Crippen molar-refractivity contribution in [1.29, 1.82) is 0 Å². The van der Waals surface area contributed by atoms with Gasteiger partial charge < -0.3 is 29.5 Å². The molecule has 2 aromatic carbocycles. The molecule has 0 aromatic heterocycles. The highest BCUT2D eigenvalue weighted by Gasteiger charge is 2.53. The summed E-state index contributed by atoms with van der Waals surface area (Å²) in [5.41, 5.74) is 4.50. The minimum absolute atomic E-state index is 0.0475. The lowest BCUT2D eigenvalue weighted by Crippen LogP contribution is -2.52. The smallest absolute Gasteiger partial charge is 0.339 e. The number of fused-ring (bicyclic) bond motifs is 6. The topological polar surface area (TPSA) is 123 Å². The molecule has 276 valence electrons. The van der Waals surface area contributed by atoms with Gasteiger partial charge in [-0.1, -0.05) is 62.8 Å². The number of aromatic carboxylic acids is 2. The van der Waals surface area contributed by atoms with Crippen molar-refractivity contribution in [3.05, 3.63) is 68.8 Å². The third-order valence-electron chi connectivity index (χ3n) is 12.0. The summed E-state index contributed by atoms with van der Waals surface area (Å²) in [4.78, 5) is 25.7. The summed E-state index contributed by atoms with van der Waals surface area (Å²) in [5, 5.41) is 32.7. The van der Waals surface area contributed by atoms with Crippen molar-refractivity contribution < 1.29 is 39.1 Å². The molecule has 0 spiro atoms. The Labute approximate surface area is 302 Å². The van der Waals surface area contributed by atoms with E-state index in [0.29, 0.717) is 53.2 Å². The molecular formula is C43H56O8. The number of carboxylic acids is 2. The van der Waals surface area contributed by atoms with Crippen molar-refractivity contribution in [3.63, 3.8) is 0 Å². The van der Waals surface area contributed by atoms with Gasteiger partial charge in [0.05, 0.1) is 0 Å². The molecule has 0 radical (unpaired) electrons. The first-order valence-electron chi connectivity index (χ1n) is 19.2. The summed E-state index contributed by atoms with van der Waals surface area (Å²) in [5.74, 6) is -2.78. The van der Waals surface area contributed by atoms with Gasteiger partial charge in [0.25, 0.3) is 5.79 Å². The second-order valence-corrected chi connectivity index (χ2v) is 16.1. The Balaban J connectivity index is 1.55. The van der Waals surface area contributed by atoms with Crippen molar-refractivity contribution >= 4 is 11.9 Å². The van der Waals surface area contributed by atoms with E-state index in [-0.39, 0.29) is 40.5 Å². The lowest BCUT2D eigenvalue weighted by molar-refractivity contribution is -0.159. The van der Waals surface area contributed by atoms with Crippen LogP contribution in [0, 0.1) is 11.8 Å². The summed E-state index contributed by atoms with van der Waals surface area (Å²) in [6.07, 6.45) is 14.4. The van der Waals surface area contributed by atoms with Gasteiger partial charge in [0.1, 0.15) is 39.7 Å². The van der Waals surface area contributed by atoms with Gasteiger partial charge in [-0.3, -0.25) is 0 Å². The fourth-order valence-corrected chi connectivity index (χ4v) is 9.35. The SMILES string of the molecule is CCCCCc1cc2c(c(O)c1C(=O)O)[C@@H]1C=C(C)CC[C@H]1C(C)(Oc1cc(CCCCC)c(C(=O)O)c3c1[C@@H]1C=C(C)CC[C@H]1C(C)(C)O3)O2. The summed E-state index contributed by atoms with van der Waals surface area (Å²) in [6, 6.07) is 3.73. The first-order valence-corrected chi connectivity index (χ1v) is 19.2. The van der Waals surface area contributed by atoms with Crippen LogP contribution < -0.4 is 14.2 Å². The van der Waals surface area contributed by atoms with Crippen LogP contribution in [0.4, 0.5) is 0 Å². The number of aromatic hydroxyl groups is 1. The Bertz CT molecular complexity index is 1770. The average molecular weight is 701 g/mol.